The maximum Gasteiger partial charge on any atom is 0.223 e. The summed E-state index contributed by atoms with van der Waals surface area (Å²) in [6.07, 6.45) is 5.35. The number of carbonyl (C=O) groups excluding carboxylic acids is 1. The molecule has 1 aliphatic carbocycles. The molecule has 0 aromatic carbocycles. The molecular formula is C16H25N3O4S. The number of amides is 1. The Hall–Kier alpha value is -1.41. The van der Waals surface area contributed by atoms with E-state index in [1.165, 1.54) is 12.8 Å². The number of fused-ring (bicyclic) bond motifs is 1. The van der Waals surface area contributed by atoms with Crippen LogP contribution in [0.4, 0.5) is 0 Å². The Bertz CT molecular complexity index is 707. The molecule has 134 valence electrons. The second-order valence-corrected chi connectivity index (χ2v) is 9.25. The Labute approximate surface area is 142 Å². The number of nitrogens with zero attached hydrogens (tertiary/aromatic N) is 3. The maximum atomic E-state index is 12.5. The molecule has 2 heterocycles. The zero-order valence-corrected chi connectivity index (χ0v) is 14.8. The van der Waals surface area contributed by atoms with Gasteiger partial charge in [0.2, 0.25) is 5.91 Å². The lowest BCUT2D eigenvalue weighted by atomic mass is 10.0. The second-order valence-electron chi connectivity index (χ2n) is 7.06. The first kappa shape index (κ1) is 17.4. The van der Waals surface area contributed by atoms with Crippen LogP contribution in [0.25, 0.3) is 0 Å². The van der Waals surface area contributed by atoms with Crippen molar-refractivity contribution in [2.45, 2.75) is 51.3 Å². The number of aliphatic hydroxyl groups is 1. The fraction of sp³-hybridized carbons (Fsp3) is 0.750. The molecule has 1 aromatic heterocycles. The summed E-state index contributed by atoms with van der Waals surface area (Å²) >= 11 is 0. The summed E-state index contributed by atoms with van der Waals surface area (Å²) in [7, 11) is -3.27. The van der Waals surface area contributed by atoms with Crippen molar-refractivity contribution in [2.24, 2.45) is 5.92 Å². The van der Waals surface area contributed by atoms with Crippen LogP contribution in [-0.2, 0) is 27.7 Å². The van der Waals surface area contributed by atoms with Crippen molar-refractivity contribution in [1.82, 2.24) is 14.7 Å². The van der Waals surface area contributed by atoms with Gasteiger partial charge in [-0.25, -0.2) is 8.42 Å². The monoisotopic (exact) mass is 355 g/mol. The summed E-state index contributed by atoms with van der Waals surface area (Å²) in [5.74, 6) is 0.373. The molecule has 7 nitrogen and oxygen atoms in total. The van der Waals surface area contributed by atoms with E-state index in [-0.39, 0.29) is 11.7 Å². The third-order valence-corrected chi connectivity index (χ3v) is 5.83. The third kappa shape index (κ3) is 4.16. The van der Waals surface area contributed by atoms with Gasteiger partial charge in [0.1, 0.15) is 15.9 Å². The molecule has 8 heteroatoms. The van der Waals surface area contributed by atoms with Crippen molar-refractivity contribution < 1.29 is 18.3 Å². The molecule has 0 unspecified atom stereocenters. The fourth-order valence-electron chi connectivity index (χ4n) is 3.63. The Morgan fingerprint density at radius 1 is 1.38 bits per heavy atom. The number of aromatic nitrogens is 2. The summed E-state index contributed by atoms with van der Waals surface area (Å²) in [4.78, 5) is 14.3. The van der Waals surface area contributed by atoms with Crippen molar-refractivity contribution >= 4 is 15.7 Å². The van der Waals surface area contributed by atoms with Crippen molar-refractivity contribution in [3.8, 4) is 0 Å². The maximum absolute atomic E-state index is 12.5. The zero-order valence-electron chi connectivity index (χ0n) is 14.0. The molecule has 24 heavy (non-hydrogen) atoms. The van der Waals surface area contributed by atoms with Gasteiger partial charge in [-0.1, -0.05) is 12.8 Å². The van der Waals surface area contributed by atoms with E-state index in [1.807, 2.05) is 4.90 Å². The van der Waals surface area contributed by atoms with E-state index in [1.54, 1.807) is 10.7 Å². The van der Waals surface area contributed by atoms with Crippen LogP contribution in [0.5, 0.6) is 0 Å². The Morgan fingerprint density at radius 3 is 2.75 bits per heavy atom. The first-order chi connectivity index (χ1) is 11.3. The molecule has 0 radical (unpaired) electrons. The minimum Gasteiger partial charge on any atom is -0.386 e. The molecule has 1 atom stereocenters. The normalized spacial score (nSPS) is 20.2. The molecule has 1 amide bonds. The summed E-state index contributed by atoms with van der Waals surface area (Å²) in [5, 5.41) is 14.3. The SMILES string of the molecule is CS(=O)(=O)C[C@H](O)c1cc2n(n1)CCN(C(=O)CC1CCCC1)C2. The predicted molar refractivity (Wildman–Crippen MR) is 88.9 cm³/mol. The van der Waals surface area contributed by atoms with Gasteiger partial charge < -0.3 is 10.0 Å². The number of aliphatic hydroxyl groups excluding tert-OH is 1. The van der Waals surface area contributed by atoms with Crippen LogP contribution < -0.4 is 0 Å². The number of sulfone groups is 1. The van der Waals surface area contributed by atoms with Gasteiger partial charge in [-0.05, 0) is 24.8 Å². The van der Waals surface area contributed by atoms with Crippen LogP contribution in [0.2, 0.25) is 0 Å². The van der Waals surface area contributed by atoms with Crippen LogP contribution in [-0.4, -0.2) is 52.7 Å². The molecular weight excluding hydrogens is 330 g/mol. The van der Waals surface area contributed by atoms with E-state index in [0.29, 0.717) is 37.7 Å². The average Bonchev–Trinajstić information content (AvgIpc) is 3.13. The average molecular weight is 355 g/mol. The van der Waals surface area contributed by atoms with Crippen molar-refractivity contribution in [3.63, 3.8) is 0 Å². The van der Waals surface area contributed by atoms with E-state index in [9.17, 15) is 18.3 Å². The van der Waals surface area contributed by atoms with Gasteiger partial charge in [-0.15, -0.1) is 0 Å². The van der Waals surface area contributed by atoms with Gasteiger partial charge >= 0.3 is 0 Å². The zero-order chi connectivity index (χ0) is 17.3. The molecule has 0 spiro atoms. The van der Waals surface area contributed by atoms with E-state index in [4.69, 9.17) is 0 Å². The molecule has 1 N–H and O–H groups in total. The third-order valence-electron chi connectivity index (χ3n) is 4.91. The van der Waals surface area contributed by atoms with Gasteiger partial charge in [0.15, 0.2) is 0 Å². The van der Waals surface area contributed by atoms with E-state index >= 15 is 0 Å². The smallest absolute Gasteiger partial charge is 0.223 e. The molecule has 1 aromatic rings. The van der Waals surface area contributed by atoms with Gasteiger partial charge in [-0.2, -0.15) is 5.10 Å². The summed E-state index contributed by atoms with van der Waals surface area (Å²) < 4.78 is 24.4. The molecule has 0 saturated heterocycles. The highest BCUT2D eigenvalue weighted by Gasteiger charge is 2.27. The second kappa shape index (κ2) is 6.84. The number of carbonyl (C=O) groups is 1. The lowest BCUT2D eigenvalue weighted by molar-refractivity contribution is -0.133. The summed E-state index contributed by atoms with van der Waals surface area (Å²) in [6, 6.07) is 1.71. The molecule has 3 rings (SSSR count). The number of rotatable bonds is 5. The Kier molecular flexibility index (Phi) is 4.96. The fourth-order valence-corrected chi connectivity index (χ4v) is 4.37. The topological polar surface area (TPSA) is 92.5 Å². The molecule has 1 aliphatic heterocycles. The number of hydrogen-bond donors (Lipinski definition) is 1. The largest absolute Gasteiger partial charge is 0.386 e. The lowest BCUT2D eigenvalue weighted by Gasteiger charge is -2.28. The van der Waals surface area contributed by atoms with E-state index in [0.717, 1.165) is 24.8 Å². The molecule has 0 bridgehead atoms. The standard InChI is InChI=1S/C16H25N3O4S/c1-24(22,23)11-15(20)14-9-13-10-18(6-7-19(13)17-14)16(21)8-12-4-2-3-5-12/h9,12,15,20H,2-8,10-11H2,1H3/t15-/m0/s1. The van der Waals surface area contributed by atoms with Gasteiger partial charge in [-0.3, -0.25) is 9.48 Å². The van der Waals surface area contributed by atoms with Crippen molar-refractivity contribution in [3.05, 3.63) is 17.5 Å². The van der Waals surface area contributed by atoms with Gasteiger partial charge in [0.05, 0.1) is 30.2 Å². The lowest BCUT2D eigenvalue weighted by Crippen LogP contribution is -2.38. The number of hydrogen-bond acceptors (Lipinski definition) is 5. The quantitative estimate of drug-likeness (QED) is 0.846. The van der Waals surface area contributed by atoms with Crippen LogP contribution in [0.15, 0.2) is 6.07 Å². The van der Waals surface area contributed by atoms with Crippen molar-refractivity contribution in [1.29, 1.82) is 0 Å². The molecule has 2 aliphatic rings. The van der Waals surface area contributed by atoms with Crippen LogP contribution in [0, 0.1) is 5.92 Å². The molecule has 1 fully saturated rings. The van der Waals surface area contributed by atoms with Crippen LogP contribution >= 0.6 is 0 Å². The van der Waals surface area contributed by atoms with Gasteiger partial charge in [0, 0.05) is 19.2 Å². The predicted octanol–water partition coefficient (Wildman–Crippen LogP) is 0.884. The highest BCUT2D eigenvalue weighted by Crippen LogP contribution is 2.29. The highest BCUT2D eigenvalue weighted by molar-refractivity contribution is 7.90. The van der Waals surface area contributed by atoms with Crippen LogP contribution in [0.3, 0.4) is 0 Å². The summed E-state index contributed by atoms with van der Waals surface area (Å²) in [6.45, 7) is 1.67. The van der Waals surface area contributed by atoms with Crippen molar-refractivity contribution in [2.75, 3.05) is 18.6 Å². The molecule has 1 saturated carbocycles. The minimum atomic E-state index is -3.27. The minimum absolute atomic E-state index is 0.188. The first-order valence-corrected chi connectivity index (χ1v) is 10.6. The van der Waals surface area contributed by atoms with Gasteiger partial charge in [0.25, 0.3) is 0 Å². The summed E-state index contributed by atoms with van der Waals surface area (Å²) in [5.41, 5.74) is 1.21. The van der Waals surface area contributed by atoms with E-state index in [2.05, 4.69) is 5.10 Å². The first-order valence-electron chi connectivity index (χ1n) is 8.52. The van der Waals surface area contributed by atoms with Crippen LogP contribution in [0.1, 0.15) is 49.6 Å². The van der Waals surface area contributed by atoms with E-state index < -0.39 is 15.9 Å². The Balaban J connectivity index is 1.64. The highest BCUT2D eigenvalue weighted by atomic mass is 32.2. The Morgan fingerprint density at radius 2 is 2.08 bits per heavy atom.